The fraction of sp³-hybridized carbons (Fsp3) is 0.522. The van der Waals surface area contributed by atoms with Crippen LogP contribution in [0.15, 0.2) is 24.4 Å². The minimum absolute atomic E-state index is 0.0119. The van der Waals surface area contributed by atoms with Gasteiger partial charge in [0.05, 0.1) is 6.04 Å². The number of H-pyrrole nitrogens is 1. The van der Waals surface area contributed by atoms with Crippen LogP contribution in [0, 0.1) is 12.8 Å². The van der Waals surface area contributed by atoms with Crippen LogP contribution in [0.4, 0.5) is 0 Å². The van der Waals surface area contributed by atoms with E-state index in [0.29, 0.717) is 12.8 Å². The molecular weight excluding hydrogens is 380 g/mol. The smallest absolute Gasteiger partial charge is 0.243 e. The Bertz CT molecular complexity index is 888. The topological polar surface area (TPSA) is 103 Å². The van der Waals surface area contributed by atoms with Crippen LogP contribution < -0.4 is 16.0 Å². The van der Waals surface area contributed by atoms with E-state index < -0.39 is 12.1 Å². The molecule has 30 heavy (non-hydrogen) atoms. The first kappa shape index (κ1) is 23.6. The summed E-state index contributed by atoms with van der Waals surface area (Å²) in [6, 6.07) is 4.75. The first-order valence-corrected chi connectivity index (χ1v) is 10.5. The lowest BCUT2D eigenvalue weighted by Crippen LogP contribution is -2.53. The zero-order chi connectivity index (χ0) is 22.3. The molecule has 7 nitrogen and oxygen atoms in total. The standard InChI is InChI=1S/C23H34N4O3/c1-14(2)22(21(29)7-6-10-24-5)27-23(30)20(26-16(4)28)12-17-13-25-19-9-8-15(3)11-18(17)19/h8-9,11,13-14,20,22,24-25H,6-7,10,12H2,1-5H3,(H,26,28)(H,27,30). The summed E-state index contributed by atoms with van der Waals surface area (Å²) in [6.45, 7) is 7.98. The van der Waals surface area contributed by atoms with Crippen LogP contribution in [0.25, 0.3) is 10.9 Å². The zero-order valence-corrected chi connectivity index (χ0v) is 18.6. The largest absolute Gasteiger partial charge is 0.361 e. The van der Waals surface area contributed by atoms with Gasteiger partial charge in [0.25, 0.3) is 0 Å². The molecule has 0 aliphatic carbocycles. The average molecular weight is 415 g/mol. The molecule has 164 valence electrons. The van der Waals surface area contributed by atoms with E-state index in [0.717, 1.165) is 35.0 Å². The molecule has 1 aromatic carbocycles. The fourth-order valence-electron chi connectivity index (χ4n) is 3.60. The number of aromatic amines is 1. The Balaban J connectivity index is 2.18. The third-order valence-electron chi connectivity index (χ3n) is 5.20. The Morgan fingerprint density at radius 1 is 1.13 bits per heavy atom. The molecule has 2 unspecified atom stereocenters. The number of aromatic nitrogens is 1. The van der Waals surface area contributed by atoms with E-state index in [1.807, 2.05) is 46.1 Å². The van der Waals surface area contributed by atoms with Crippen molar-refractivity contribution < 1.29 is 14.4 Å². The second kappa shape index (κ2) is 10.9. The number of fused-ring (bicyclic) bond motifs is 1. The Kier molecular flexibility index (Phi) is 8.59. The Labute approximate surface area is 178 Å². The molecule has 2 amide bonds. The van der Waals surface area contributed by atoms with E-state index >= 15 is 0 Å². The fourth-order valence-corrected chi connectivity index (χ4v) is 3.60. The third-order valence-corrected chi connectivity index (χ3v) is 5.20. The van der Waals surface area contributed by atoms with Gasteiger partial charge in [0.15, 0.2) is 5.78 Å². The molecule has 4 N–H and O–H groups in total. The van der Waals surface area contributed by atoms with Crippen LogP contribution in [0.2, 0.25) is 0 Å². The second-order valence-electron chi connectivity index (χ2n) is 8.22. The van der Waals surface area contributed by atoms with Gasteiger partial charge >= 0.3 is 0 Å². The van der Waals surface area contributed by atoms with Crippen molar-refractivity contribution in [2.45, 2.75) is 59.0 Å². The highest BCUT2D eigenvalue weighted by molar-refractivity contribution is 5.93. The van der Waals surface area contributed by atoms with E-state index in [9.17, 15) is 14.4 Å². The highest BCUT2D eigenvalue weighted by Gasteiger charge is 2.28. The summed E-state index contributed by atoms with van der Waals surface area (Å²) < 4.78 is 0. The number of aryl methyl sites for hydroxylation is 1. The first-order chi connectivity index (χ1) is 14.2. The quantitative estimate of drug-likeness (QED) is 0.423. The molecular formula is C23H34N4O3. The molecule has 0 aliphatic rings. The first-order valence-electron chi connectivity index (χ1n) is 10.5. The average Bonchev–Trinajstić information content (AvgIpc) is 3.06. The molecule has 0 bridgehead atoms. The molecule has 0 fully saturated rings. The number of carbonyl (C=O) groups is 3. The highest BCUT2D eigenvalue weighted by Crippen LogP contribution is 2.21. The van der Waals surface area contributed by atoms with Gasteiger partial charge in [-0.1, -0.05) is 25.5 Å². The van der Waals surface area contributed by atoms with Crippen molar-refractivity contribution in [3.8, 4) is 0 Å². The lowest BCUT2D eigenvalue weighted by molar-refractivity contribution is -0.131. The van der Waals surface area contributed by atoms with Gasteiger partial charge in [0.1, 0.15) is 6.04 Å². The highest BCUT2D eigenvalue weighted by atomic mass is 16.2. The predicted molar refractivity (Wildman–Crippen MR) is 119 cm³/mol. The molecule has 0 aliphatic heterocycles. The van der Waals surface area contributed by atoms with Gasteiger partial charge in [-0.3, -0.25) is 14.4 Å². The van der Waals surface area contributed by atoms with Crippen LogP contribution in [0.3, 0.4) is 0 Å². The summed E-state index contributed by atoms with van der Waals surface area (Å²) in [5.74, 6) is -0.650. The van der Waals surface area contributed by atoms with Crippen molar-refractivity contribution in [3.05, 3.63) is 35.5 Å². The molecule has 0 saturated carbocycles. The number of ketones is 1. The van der Waals surface area contributed by atoms with Gasteiger partial charge in [0.2, 0.25) is 11.8 Å². The Morgan fingerprint density at radius 2 is 1.87 bits per heavy atom. The van der Waals surface area contributed by atoms with Gasteiger partial charge in [-0.25, -0.2) is 0 Å². The van der Waals surface area contributed by atoms with Crippen LogP contribution in [-0.2, 0) is 20.8 Å². The molecule has 2 atom stereocenters. The van der Waals surface area contributed by atoms with Crippen LogP contribution in [0.5, 0.6) is 0 Å². The van der Waals surface area contributed by atoms with Gasteiger partial charge < -0.3 is 20.9 Å². The van der Waals surface area contributed by atoms with E-state index in [1.54, 1.807) is 0 Å². The van der Waals surface area contributed by atoms with Crippen molar-refractivity contribution in [2.24, 2.45) is 5.92 Å². The van der Waals surface area contributed by atoms with E-state index in [4.69, 9.17) is 0 Å². The number of amides is 2. The maximum absolute atomic E-state index is 13.1. The summed E-state index contributed by atoms with van der Waals surface area (Å²) in [7, 11) is 1.84. The monoisotopic (exact) mass is 414 g/mol. The predicted octanol–water partition coefficient (Wildman–Crippen LogP) is 2.23. The molecule has 0 spiro atoms. The summed E-state index contributed by atoms with van der Waals surface area (Å²) in [5.41, 5.74) is 3.05. The van der Waals surface area contributed by atoms with Gasteiger partial charge in [-0.05, 0) is 50.6 Å². The molecule has 2 aromatic rings. The Morgan fingerprint density at radius 3 is 2.50 bits per heavy atom. The van der Waals surface area contributed by atoms with Crippen molar-refractivity contribution in [1.29, 1.82) is 0 Å². The van der Waals surface area contributed by atoms with Crippen molar-refractivity contribution >= 4 is 28.5 Å². The number of benzene rings is 1. The molecule has 0 radical (unpaired) electrons. The van der Waals surface area contributed by atoms with Crippen LogP contribution in [0.1, 0.15) is 44.7 Å². The van der Waals surface area contributed by atoms with Gasteiger partial charge in [-0.15, -0.1) is 0 Å². The van der Waals surface area contributed by atoms with E-state index in [-0.39, 0.29) is 23.5 Å². The lowest BCUT2D eigenvalue weighted by atomic mass is 9.95. The minimum Gasteiger partial charge on any atom is -0.361 e. The summed E-state index contributed by atoms with van der Waals surface area (Å²) >= 11 is 0. The second-order valence-corrected chi connectivity index (χ2v) is 8.22. The summed E-state index contributed by atoms with van der Waals surface area (Å²) in [5, 5.41) is 9.69. The van der Waals surface area contributed by atoms with Crippen molar-refractivity contribution in [2.75, 3.05) is 13.6 Å². The number of Topliss-reactive ketones (excluding diaryl/α,β-unsaturated/α-hetero) is 1. The number of nitrogens with one attached hydrogen (secondary N) is 4. The zero-order valence-electron chi connectivity index (χ0n) is 18.6. The lowest BCUT2D eigenvalue weighted by Gasteiger charge is -2.25. The molecule has 2 rings (SSSR count). The number of rotatable bonds is 11. The van der Waals surface area contributed by atoms with Crippen LogP contribution >= 0.6 is 0 Å². The minimum atomic E-state index is -0.756. The normalized spacial score (nSPS) is 13.3. The van der Waals surface area contributed by atoms with Gasteiger partial charge in [0, 0.05) is 36.9 Å². The maximum Gasteiger partial charge on any atom is 0.243 e. The molecule has 0 saturated heterocycles. The molecule has 7 heteroatoms. The molecule has 1 heterocycles. The van der Waals surface area contributed by atoms with E-state index in [1.165, 1.54) is 6.92 Å². The summed E-state index contributed by atoms with van der Waals surface area (Å²) in [6.07, 6.45) is 3.33. The maximum atomic E-state index is 13.1. The van der Waals surface area contributed by atoms with Crippen molar-refractivity contribution in [1.82, 2.24) is 20.9 Å². The number of hydrogen-bond acceptors (Lipinski definition) is 4. The summed E-state index contributed by atoms with van der Waals surface area (Å²) in [4.78, 5) is 40.7. The van der Waals surface area contributed by atoms with Gasteiger partial charge in [-0.2, -0.15) is 0 Å². The molecule has 1 aromatic heterocycles. The van der Waals surface area contributed by atoms with Crippen LogP contribution in [-0.4, -0.2) is 48.3 Å². The Hall–Kier alpha value is -2.67. The SMILES string of the molecule is CNCCCC(=O)C(NC(=O)C(Cc1c[nH]c2ccc(C)cc12)NC(C)=O)C(C)C. The third kappa shape index (κ3) is 6.42. The van der Waals surface area contributed by atoms with Crippen molar-refractivity contribution in [3.63, 3.8) is 0 Å². The number of hydrogen-bond donors (Lipinski definition) is 4. The van der Waals surface area contributed by atoms with E-state index in [2.05, 4.69) is 27.0 Å². The number of carbonyl (C=O) groups excluding carboxylic acids is 3.